The molecule has 0 spiro atoms. The molecular formula is C18H20N2O5. The molecule has 3 N–H and O–H groups in total. The van der Waals surface area contributed by atoms with Crippen molar-refractivity contribution in [2.24, 2.45) is 0 Å². The van der Waals surface area contributed by atoms with Crippen LogP contribution in [0.5, 0.6) is 0 Å². The molecule has 1 aromatic heterocycles. The van der Waals surface area contributed by atoms with Gasteiger partial charge in [-0.1, -0.05) is 18.2 Å². The molecule has 2 rings (SSSR count). The first-order chi connectivity index (χ1) is 11.9. The van der Waals surface area contributed by atoms with E-state index in [0.717, 1.165) is 11.1 Å². The zero-order valence-electron chi connectivity index (χ0n) is 14.0. The molecule has 0 aliphatic carbocycles. The number of aryl methyl sites for hydroxylation is 1. The van der Waals surface area contributed by atoms with Crippen molar-refractivity contribution in [2.45, 2.75) is 26.3 Å². The molecule has 0 aliphatic rings. The van der Waals surface area contributed by atoms with E-state index >= 15 is 0 Å². The Morgan fingerprint density at radius 2 is 1.92 bits per heavy atom. The fourth-order valence-corrected chi connectivity index (χ4v) is 2.38. The van der Waals surface area contributed by atoms with Crippen molar-refractivity contribution in [3.63, 3.8) is 0 Å². The van der Waals surface area contributed by atoms with Crippen LogP contribution in [0.25, 0.3) is 0 Å². The van der Waals surface area contributed by atoms with Crippen LogP contribution in [0.15, 0.2) is 41.0 Å². The quantitative estimate of drug-likeness (QED) is 0.711. The van der Waals surface area contributed by atoms with Gasteiger partial charge in [0.2, 0.25) is 5.91 Å². The zero-order chi connectivity index (χ0) is 18.4. The maximum atomic E-state index is 12.0. The highest BCUT2D eigenvalue weighted by atomic mass is 16.4. The first kappa shape index (κ1) is 18.3. The van der Waals surface area contributed by atoms with Crippen LogP contribution >= 0.6 is 0 Å². The second kappa shape index (κ2) is 8.14. The van der Waals surface area contributed by atoms with Gasteiger partial charge in [-0.05, 0) is 42.7 Å². The van der Waals surface area contributed by atoms with Gasteiger partial charge in [-0.2, -0.15) is 0 Å². The van der Waals surface area contributed by atoms with E-state index < -0.39 is 23.8 Å². The Balaban J connectivity index is 1.93. The summed E-state index contributed by atoms with van der Waals surface area (Å²) < 4.78 is 4.94. The lowest BCUT2D eigenvalue weighted by atomic mass is 9.97. The molecule has 132 valence electrons. The first-order valence-electron chi connectivity index (χ1n) is 7.80. The molecule has 0 saturated heterocycles. The Morgan fingerprint density at radius 1 is 1.16 bits per heavy atom. The summed E-state index contributed by atoms with van der Waals surface area (Å²) in [6.07, 6.45) is 1.34. The van der Waals surface area contributed by atoms with Gasteiger partial charge in [0.15, 0.2) is 11.8 Å². The number of nitrogens with one attached hydrogen (secondary N) is 2. The van der Waals surface area contributed by atoms with Gasteiger partial charge in [-0.3, -0.25) is 9.59 Å². The van der Waals surface area contributed by atoms with Gasteiger partial charge in [-0.15, -0.1) is 0 Å². The minimum Gasteiger partial charge on any atom is -0.479 e. The molecule has 7 nitrogen and oxygen atoms in total. The molecular weight excluding hydrogens is 324 g/mol. The van der Waals surface area contributed by atoms with Crippen LogP contribution in [0.1, 0.15) is 39.7 Å². The number of carboxylic acid groups (broad SMARTS) is 1. The van der Waals surface area contributed by atoms with Gasteiger partial charge in [0.05, 0.1) is 6.26 Å². The number of hydrogen-bond acceptors (Lipinski definition) is 4. The standard InChI is InChI=1S/C18H20N2O5/c1-11-5-3-6-13(12(11)2)16(18(23)24)20-15(21)8-9-19-17(22)14-7-4-10-25-14/h3-7,10,16H,8-9H2,1-2H3,(H,19,22)(H,20,21)(H,23,24). The van der Waals surface area contributed by atoms with Crippen molar-refractivity contribution in [1.82, 2.24) is 10.6 Å². The van der Waals surface area contributed by atoms with Gasteiger partial charge < -0.3 is 20.2 Å². The SMILES string of the molecule is Cc1cccc(C(NC(=O)CCNC(=O)c2ccco2)C(=O)O)c1C. The van der Waals surface area contributed by atoms with Crippen molar-refractivity contribution >= 4 is 17.8 Å². The lowest BCUT2D eigenvalue weighted by Gasteiger charge is -2.18. The smallest absolute Gasteiger partial charge is 0.330 e. The molecule has 1 unspecified atom stereocenters. The van der Waals surface area contributed by atoms with E-state index in [9.17, 15) is 19.5 Å². The van der Waals surface area contributed by atoms with Crippen LogP contribution in [-0.2, 0) is 9.59 Å². The van der Waals surface area contributed by atoms with Crippen molar-refractivity contribution in [3.8, 4) is 0 Å². The monoisotopic (exact) mass is 344 g/mol. The van der Waals surface area contributed by atoms with Gasteiger partial charge in [0.1, 0.15) is 0 Å². The van der Waals surface area contributed by atoms with Crippen molar-refractivity contribution in [3.05, 3.63) is 59.0 Å². The number of carbonyl (C=O) groups is 3. The van der Waals surface area contributed by atoms with Crippen molar-refractivity contribution in [1.29, 1.82) is 0 Å². The highest BCUT2D eigenvalue weighted by Crippen LogP contribution is 2.21. The van der Waals surface area contributed by atoms with Crippen LogP contribution in [0.4, 0.5) is 0 Å². The summed E-state index contributed by atoms with van der Waals surface area (Å²) in [5.74, 6) is -1.88. The Morgan fingerprint density at radius 3 is 2.56 bits per heavy atom. The Hall–Kier alpha value is -3.09. The molecule has 0 aliphatic heterocycles. The predicted octanol–water partition coefficient (Wildman–Crippen LogP) is 1.96. The number of amides is 2. The van der Waals surface area contributed by atoms with Crippen LogP contribution in [0, 0.1) is 13.8 Å². The van der Waals surface area contributed by atoms with E-state index in [-0.39, 0.29) is 18.7 Å². The summed E-state index contributed by atoms with van der Waals surface area (Å²) in [6.45, 7) is 3.77. The molecule has 7 heteroatoms. The minimum atomic E-state index is -1.14. The molecule has 2 aromatic rings. The van der Waals surface area contributed by atoms with Gasteiger partial charge >= 0.3 is 5.97 Å². The maximum absolute atomic E-state index is 12.0. The number of benzene rings is 1. The second-order valence-electron chi connectivity index (χ2n) is 5.61. The highest BCUT2D eigenvalue weighted by Gasteiger charge is 2.24. The van der Waals surface area contributed by atoms with E-state index in [4.69, 9.17) is 4.42 Å². The Labute approximate surface area is 145 Å². The zero-order valence-corrected chi connectivity index (χ0v) is 14.0. The van der Waals surface area contributed by atoms with Crippen LogP contribution in [0.3, 0.4) is 0 Å². The molecule has 0 bridgehead atoms. The van der Waals surface area contributed by atoms with Crippen LogP contribution in [0.2, 0.25) is 0 Å². The molecule has 2 amide bonds. The Kier molecular flexibility index (Phi) is 5.94. The average Bonchev–Trinajstić information content (AvgIpc) is 3.10. The summed E-state index contributed by atoms with van der Waals surface area (Å²) in [7, 11) is 0. The van der Waals surface area contributed by atoms with Gasteiger partial charge in [0.25, 0.3) is 5.91 Å². The van der Waals surface area contributed by atoms with Gasteiger partial charge in [-0.25, -0.2) is 4.79 Å². The van der Waals surface area contributed by atoms with Crippen molar-refractivity contribution < 1.29 is 23.9 Å². The fraction of sp³-hybridized carbons (Fsp3) is 0.278. The number of carboxylic acids is 1. The summed E-state index contributed by atoms with van der Waals surface area (Å²) in [4.78, 5) is 35.3. The fourth-order valence-electron chi connectivity index (χ4n) is 2.38. The van der Waals surface area contributed by atoms with E-state index in [2.05, 4.69) is 10.6 Å². The number of aliphatic carboxylic acids is 1. The largest absolute Gasteiger partial charge is 0.479 e. The first-order valence-corrected chi connectivity index (χ1v) is 7.80. The van der Waals surface area contributed by atoms with Crippen LogP contribution in [-0.4, -0.2) is 29.4 Å². The summed E-state index contributed by atoms with van der Waals surface area (Å²) >= 11 is 0. The lowest BCUT2D eigenvalue weighted by Crippen LogP contribution is -2.36. The number of rotatable bonds is 7. The molecule has 25 heavy (non-hydrogen) atoms. The topological polar surface area (TPSA) is 109 Å². The lowest BCUT2D eigenvalue weighted by molar-refractivity contribution is -0.142. The number of hydrogen-bond donors (Lipinski definition) is 3. The van der Waals surface area contributed by atoms with E-state index in [0.29, 0.717) is 5.56 Å². The molecule has 0 radical (unpaired) electrons. The molecule has 1 atom stereocenters. The van der Waals surface area contributed by atoms with E-state index in [1.807, 2.05) is 19.9 Å². The number of furan rings is 1. The minimum absolute atomic E-state index is 0.0406. The maximum Gasteiger partial charge on any atom is 0.330 e. The van der Waals surface area contributed by atoms with Crippen LogP contribution < -0.4 is 10.6 Å². The highest BCUT2D eigenvalue weighted by molar-refractivity contribution is 5.91. The van der Waals surface area contributed by atoms with E-state index in [1.165, 1.54) is 12.3 Å². The number of carbonyl (C=O) groups excluding carboxylic acids is 2. The predicted molar refractivity (Wildman–Crippen MR) is 90.1 cm³/mol. The third-order valence-corrected chi connectivity index (χ3v) is 3.89. The van der Waals surface area contributed by atoms with Gasteiger partial charge in [0, 0.05) is 13.0 Å². The molecule has 0 fully saturated rings. The third kappa shape index (κ3) is 4.69. The molecule has 0 saturated carbocycles. The third-order valence-electron chi connectivity index (χ3n) is 3.89. The molecule has 1 heterocycles. The summed E-state index contributed by atoms with van der Waals surface area (Å²) in [5, 5.41) is 14.5. The van der Waals surface area contributed by atoms with Crippen molar-refractivity contribution in [2.75, 3.05) is 6.54 Å². The summed E-state index contributed by atoms with van der Waals surface area (Å²) in [6, 6.07) is 7.28. The normalized spacial score (nSPS) is 11.6. The second-order valence-corrected chi connectivity index (χ2v) is 5.61. The Bertz CT molecular complexity index is 768. The molecule has 1 aromatic carbocycles. The average molecular weight is 344 g/mol. The summed E-state index contributed by atoms with van der Waals surface area (Å²) in [5.41, 5.74) is 2.31. The van der Waals surface area contributed by atoms with E-state index in [1.54, 1.807) is 18.2 Å².